The van der Waals surface area contributed by atoms with Crippen molar-refractivity contribution in [3.63, 3.8) is 0 Å². The summed E-state index contributed by atoms with van der Waals surface area (Å²) in [5, 5.41) is 11.1. The molecule has 1 aliphatic rings. The first kappa shape index (κ1) is 16.2. The molecule has 1 saturated heterocycles. The zero-order valence-corrected chi connectivity index (χ0v) is 14.8. The molecule has 3 heterocycles. The topological polar surface area (TPSA) is 94.1 Å². The van der Waals surface area contributed by atoms with Crippen molar-refractivity contribution in [1.29, 1.82) is 0 Å². The molecule has 0 bridgehead atoms. The molecule has 0 aliphatic carbocycles. The fourth-order valence-corrected chi connectivity index (χ4v) is 3.22. The maximum absolute atomic E-state index is 12.4. The van der Waals surface area contributed by atoms with E-state index in [1.807, 2.05) is 30.0 Å². The van der Waals surface area contributed by atoms with E-state index in [4.69, 9.17) is 0 Å². The molecule has 0 saturated carbocycles. The molecule has 9 nitrogen and oxygen atoms in total. The number of carbonyl (C=O) groups is 1. The molecule has 1 fully saturated rings. The van der Waals surface area contributed by atoms with Gasteiger partial charge in [0, 0.05) is 51.3 Å². The van der Waals surface area contributed by atoms with Crippen LogP contribution in [0.5, 0.6) is 0 Å². The smallest absolute Gasteiger partial charge is 0.276 e. The van der Waals surface area contributed by atoms with E-state index in [1.54, 1.807) is 6.33 Å². The van der Waals surface area contributed by atoms with E-state index in [9.17, 15) is 4.79 Å². The molecule has 0 spiro atoms. The molecule has 1 aromatic carbocycles. The summed E-state index contributed by atoms with van der Waals surface area (Å²) >= 11 is 0. The molecule has 1 amide bonds. The Kier molecular flexibility index (Phi) is 4.11. The van der Waals surface area contributed by atoms with E-state index >= 15 is 0 Å². The summed E-state index contributed by atoms with van der Waals surface area (Å²) in [5.41, 5.74) is 2.40. The summed E-state index contributed by atoms with van der Waals surface area (Å²) in [7, 11) is 3.95. The van der Waals surface area contributed by atoms with Crippen molar-refractivity contribution < 1.29 is 4.79 Å². The lowest BCUT2D eigenvalue weighted by Gasteiger charge is -2.36. The van der Waals surface area contributed by atoms with Gasteiger partial charge in [-0.15, -0.1) is 0 Å². The largest absolute Gasteiger partial charge is 0.368 e. The molecule has 134 valence electrons. The molecule has 26 heavy (non-hydrogen) atoms. The van der Waals surface area contributed by atoms with Gasteiger partial charge in [0.25, 0.3) is 5.91 Å². The van der Waals surface area contributed by atoms with Crippen LogP contribution < -0.4 is 9.80 Å². The maximum Gasteiger partial charge on any atom is 0.276 e. The average molecular weight is 352 g/mol. The maximum atomic E-state index is 12.4. The van der Waals surface area contributed by atoms with Crippen LogP contribution in [0.1, 0.15) is 10.5 Å². The quantitative estimate of drug-likeness (QED) is 0.744. The van der Waals surface area contributed by atoms with E-state index < -0.39 is 0 Å². The number of aromatic nitrogens is 5. The fourth-order valence-electron chi connectivity index (χ4n) is 3.22. The van der Waals surface area contributed by atoms with Crippen LogP contribution in [0.3, 0.4) is 0 Å². The average Bonchev–Trinajstić information content (AvgIpc) is 3.21. The number of hydrogen-bond donors (Lipinski definition) is 1. The Bertz CT molecular complexity index is 916. The van der Waals surface area contributed by atoms with Crippen molar-refractivity contribution in [2.75, 3.05) is 50.1 Å². The Hall–Kier alpha value is -3.23. The molecule has 9 heteroatoms. The van der Waals surface area contributed by atoms with Crippen LogP contribution in [0.4, 0.5) is 11.5 Å². The van der Waals surface area contributed by atoms with Crippen molar-refractivity contribution in [3.8, 4) is 0 Å². The minimum atomic E-state index is -0.0831. The summed E-state index contributed by atoms with van der Waals surface area (Å²) in [6.07, 6.45) is 3.05. The summed E-state index contributed by atoms with van der Waals surface area (Å²) in [4.78, 5) is 27.2. The number of hydrogen-bond acceptors (Lipinski definition) is 7. The Morgan fingerprint density at radius 1 is 1.15 bits per heavy atom. The second-order valence-corrected chi connectivity index (χ2v) is 6.43. The second kappa shape index (κ2) is 6.58. The van der Waals surface area contributed by atoms with Crippen molar-refractivity contribution in [2.24, 2.45) is 0 Å². The normalized spacial score (nSPS) is 14.7. The predicted molar refractivity (Wildman–Crippen MR) is 98.4 cm³/mol. The number of H-pyrrole nitrogens is 1. The Labute approximate surface area is 150 Å². The number of amides is 1. The molecule has 3 aromatic rings. The lowest BCUT2D eigenvalue weighted by Crippen LogP contribution is -2.48. The molecular weight excluding hydrogens is 332 g/mol. The SMILES string of the molecule is CN(C)c1ncnc2ccc(N3CCN(C(=O)c4cn[nH]n4)CC3)cc12. The van der Waals surface area contributed by atoms with E-state index in [2.05, 4.69) is 42.4 Å². The molecule has 4 rings (SSSR count). The van der Waals surface area contributed by atoms with E-state index in [0.29, 0.717) is 18.8 Å². The third-order valence-electron chi connectivity index (χ3n) is 4.59. The number of nitrogens with one attached hydrogen (secondary N) is 1. The fraction of sp³-hybridized carbons (Fsp3) is 0.353. The van der Waals surface area contributed by atoms with Crippen LogP contribution in [0.15, 0.2) is 30.7 Å². The predicted octanol–water partition coefficient (Wildman–Crippen LogP) is 0.776. The third kappa shape index (κ3) is 2.92. The van der Waals surface area contributed by atoms with E-state index in [-0.39, 0.29) is 5.91 Å². The Morgan fingerprint density at radius 3 is 2.65 bits per heavy atom. The monoisotopic (exact) mass is 352 g/mol. The van der Waals surface area contributed by atoms with Gasteiger partial charge in [-0.25, -0.2) is 9.97 Å². The van der Waals surface area contributed by atoms with Crippen molar-refractivity contribution in [2.45, 2.75) is 0 Å². The van der Waals surface area contributed by atoms with Crippen LogP contribution in [-0.4, -0.2) is 76.5 Å². The number of fused-ring (bicyclic) bond motifs is 1. The summed E-state index contributed by atoms with van der Waals surface area (Å²) < 4.78 is 0. The standard InChI is InChI=1S/C17H20N8O/c1-23(2)16-13-9-12(3-4-14(13)18-11-19-16)24-5-7-25(8-6-24)17(26)15-10-20-22-21-15/h3-4,9-11H,5-8H2,1-2H3,(H,20,21,22). The van der Waals surface area contributed by atoms with Crippen LogP contribution >= 0.6 is 0 Å². The lowest BCUT2D eigenvalue weighted by atomic mass is 10.1. The van der Waals surface area contributed by atoms with Crippen molar-refractivity contribution in [1.82, 2.24) is 30.3 Å². The summed E-state index contributed by atoms with van der Waals surface area (Å²) in [5.74, 6) is 0.817. The highest BCUT2D eigenvalue weighted by Gasteiger charge is 2.24. The van der Waals surface area contributed by atoms with Gasteiger partial charge in [0.2, 0.25) is 0 Å². The summed E-state index contributed by atoms with van der Waals surface area (Å²) in [6, 6.07) is 6.22. The van der Waals surface area contributed by atoms with Crippen LogP contribution in [0, 0.1) is 0 Å². The van der Waals surface area contributed by atoms with Gasteiger partial charge in [-0.05, 0) is 18.2 Å². The molecule has 2 aromatic heterocycles. The van der Waals surface area contributed by atoms with Gasteiger partial charge in [-0.2, -0.15) is 15.4 Å². The number of carbonyl (C=O) groups excluding carboxylic acids is 1. The molecule has 0 atom stereocenters. The minimum Gasteiger partial charge on any atom is -0.368 e. The van der Waals surface area contributed by atoms with Gasteiger partial charge in [0.1, 0.15) is 12.1 Å². The first-order chi connectivity index (χ1) is 12.6. The zero-order valence-electron chi connectivity index (χ0n) is 14.8. The third-order valence-corrected chi connectivity index (χ3v) is 4.59. The highest BCUT2D eigenvalue weighted by atomic mass is 16.2. The van der Waals surface area contributed by atoms with Crippen molar-refractivity contribution >= 4 is 28.3 Å². The number of nitrogens with zero attached hydrogens (tertiary/aromatic N) is 7. The zero-order chi connectivity index (χ0) is 18.1. The highest BCUT2D eigenvalue weighted by molar-refractivity contribution is 5.93. The number of anilines is 2. The van der Waals surface area contributed by atoms with E-state index in [0.717, 1.165) is 35.5 Å². The Balaban J connectivity index is 1.52. The van der Waals surface area contributed by atoms with Crippen LogP contribution in [0.2, 0.25) is 0 Å². The van der Waals surface area contributed by atoms with Gasteiger partial charge in [0.05, 0.1) is 11.7 Å². The van der Waals surface area contributed by atoms with Gasteiger partial charge in [-0.1, -0.05) is 0 Å². The van der Waals surface area contributed by atoms with Crippen molar-refractivity contribution in [3.05, 3.63) is 36.4 Å². The molecule has 1 aliphatic heterocycles. The number of aromatic amines is 1. The van der Waals surface area contributed by atoms with Gasteiger partial charge in [0.15, 0.2) is 5.69 Å². The molecule has 1 N–H and O–H groups in total. The van der Waals surface area contributed by atoms with Gasteiger partial charge in [-0.3, -0.25) is 4.79 Å². The van der Waals surface area contributed by atoms with Gasteiger partial charge >= 0.3 is 0 Å². The first-order valence-corrected chi connectivity index (χ1v) is 8.45. The molecule has 0 unspecified atom stereocenters. The number of rotatable bonds is 3. The highest BCUT2D eigenvalue weighted by Crippen LogP contribution is 2.27. The van der Waals surface area contributed by atoms with Gasteiger partial charge < -0.3 is 14.7 Å². The first-order valence-electron chi connectivity index (χ1n) is 8.45. The molecule has 0 radical (unpaired) electrons. The Morgan fingerprint density at radius 2 is 1.96 bits per heavy atom. The second-order valence-electron chi connectivity index (χ2n) is 6.43. The minimum absolute atomic E-state index is 0.0831. The van der Waals surface area contributed by atoms with E-state index in [1.165, 1.54) is 6.20 Å². The lowest BCUT2D eigenvalue weighted by molar-refractivity contribution is 0.0741. The number of piperazine rings is 1. The van der Waals surface area contributed by atoms with Crippen LogP contribution in [-0.2, 0) is 0 Å². The molecular formula is C17H20N8O. The number of benzene rings is 1. The summed E-state index contributed by atoms with van der Waals surface area (Å²) in [6.45, 7) is 2.82. The van der Waals surface area contributed by atoms with Crippen LogP contribution in [0.25, 0.3) is 10.9 Å².